The molecule has 4 nitrogen and oxygen atoms in total. The van der Waals surface area contributed by atoms with Crippen LogP contribution in [0.25, 0.3) is 0 Å². The van der Waals surface area contributed by atoms with Crippen molar-refractivity contribution in [1.82, 2.24) is 5.32 Å². The van der Waals surface area contributed by atoms with E-state index in [0.29, 0.717) is 12.3 Å². The molecule has 0 bridgehead atoms. The third kappa shape index (κ3) is 5.84. The summed E-state index contributed by atoms with van der Waals surface area (Å²) < 4.78 is 28.0. The molecule has 0 amide bonds. The first kappa shape index (κ1) is 14.9. The molecule has 1 rings (SSSR count). The number of hydrogen-bond donors (Lipinski definition) is 1. The summed E-state index contributed by atoms with van der Waals surface area (Å²) in [6.07, 6.45) is 5.61. The zero-order chi connectivity index (χ0) is 12.9. The first-order chi connectivity index (χ1) is 7.98. The van der Waals surface area contributed by atoms with Crippen molar-refractivity contribution >= 4 is 9.84 Å². The zero-order valence-corrected chi connectivity index (χ0v) is 11.9. The van der Waals surface area contributed by atoms with Crippen LogP contribution in [0.2, 0.25) is 0 Å². The molecule has 5 heteroatoms. The molecule has 0 aromatic rings. The van der Waals surface area contributed by atoms with E-state index in [2.05, 4.69) is 5.32 Å². The predicted molar refractivity (Wildman–Crippen MR) is 69.9 cm³/mol. The molecule has 1 aliphatic carbocycles. The van der Waals surface area contributed by atoms with Crippen molar-refractivity contribution in [2.24, 2.45) is 5.92 Å². The maximum atomic E-state index is 11.1. The lowest BCUT2D eigenvalue weighted by Gasteiger charge is -2.26. The Morgan fingerprint density at radius 2 is 2.06 bits per heavy atom. The fourth-order valence-electron chi connectivity index (χ4n) is 2.24. The molecule has 17 heavy (non-hydrogen) atoms. The third-order valence-electron chi connectivity index (χ3n) is 3.24. The Morgan fingerprint density at radius 3 is 2.47 bits per heavy atom. The minimum atomic E-state index is -2.84. The Labute approximate surface area is 105 Å². The van der Waals surface area contributed by atoms with Gasteiger partial charge in [-0.05, 0) is 45.6 Å². The summed E-state index contributed by atoms with van der Waals surface area (Å²) in [5.41, 5.74) is 0. The lowest BCUT2D eigenvalue weighted by atomic mass is 10.0. The molecule has 0 aromatic carbocycles. The van der Waals surface area contributed by atoms with Crippen LogP contribution in [0.4, 0.5) is 0 Å². The number of ether oxygens (including phenoxy) is 1. The van der Waals surface area contributed by atoms with Gasteiger partial charge in [-0.1, -0.05) is 0 Å². The van der Waals surface area contributed by atoms with E-state index < -0.39 is 9.84 Å². The van der Waals surface area contributed by atoms with Gasteiger partial charge in [-0.2, -0.15) is 0 Å². The number of rotatable bonds is 9. The van der Waals surface area contributed by atoms with Gasteiger partial charge in [0.1, 0.15) is 9.84 Å². The van der Waals surface area contributed by atoms with Gasteiger partial charge in [0.25, 0.3) is 0 Å². The van der Waals surface area contributed by atoms with Gasteiger partial charge in [-0.25, -0.2) is 8.42 Å². The molecule has 0 radical (unpaired) electrons. The lowest BCUT2D eigenvalue weighted by molar-refractivity contribution is 0.0188. The molecular formula is C12H25NO3S. The molecule has 0 heterocycles. The number of sulfone groups is 1. The van der Waals surface area contributed by atoms with Crippen LogP contribution in [0.15, 0.2) is 0 Å². The summed E-state index contributed by atoms with van der Waals surface area (Å²) in [7, 11) is -0.909. The smallest absolute Gasteiger partial charge is 0.147 e. The lowest BCUT2D eigenvalue weighted by Crippen LogP contribution is -2.41. The zero-order valence-electron chi connectivity index (χ0n) is 11.1. The second-order valence-electron chi connectivity index (χ2n) is 4.92. The van der Waals surface area contributed by atoms with E-state index in [4.69, 9.17) is 4.74 Å². The maximum absolute atomic E-state index is 11.1. The monoisotopic (exact) mass is 263 g/mol. The largest absolute Gasteiger partial charge is 0.377 e. The molecule has 0 aromatic heterocycles. The Hall–Kier alpha value is -0.130. The second kappa shape index (κ2) is 6.71. The van der Waals surface area contributed by atoms with E-state index in [1.165, 1.54) is 19.1 Å². The quantitative estimate of drug-likeness (QED) is 0.679. The summed E-state index contributed by atoms with van der Waals surface area (Å²) in [4.78, 5) is 0. The molecule has 2 atom stereocenters. The molecule has 0 aliphatic heterocycles. The standard InChI is InChI=1S/C12H25NO3S/c1-4-16-12(10-7-8-10)11(13-2)6-5-9-17(3,14)15/h10-13H,4-9H2,1-3H3. The SMILES string of the molecule is CCOC(C1CC1)C(CCCS(C)(=O)=O)NC. The van der Waals surface area contributed by atoms with Crippen molar-refractivity contribution in [2.75, 3.05) is 25.7 Å². The molecule has 0 saturated heterocycles. The van der Waals surface area contributed by atoms with Gasteiger partial charge in [-0.3, -0.25) is 0 Å². The van der Waals surface area contributed by atoms with Crippen LogP contribution >= 0.6 is 0 Å². The second-order valence-corrected chi connectivity index (χ2v) is 7.18. The molecule has 102 valence electrons. The van der Waals surface area contributed by atoms with E-state index in [1.54, 1.807) is 0 Å². The van der Waals surface area contributed by atoms with Gasteiger partial charge in [0.05, 0.1) is 6.10 Å². The first-order valence-electron chi connectivity index (χ1n) is 6.44. The van der Waals surface area contributed by atoms with E-state index in [0.717, 1.165) is 13.0 Å². The molecular weight excluding hydrogens is 238 g/mol. The molecule has 1 N–H and O–H groups in total. The summed E-state index contributed by atoms with van der Waals surface area (Å²) >= 11 is 0. The van der Waals surface area contributed by atoms with Crippen LogP contribution in [0.1, 0.15) is 32.6 Å². The summed E-state index contributed by atoms with van der Waals surface area (Å²) in [5.74, 6) is 0.944. The van der Waals surface area contributed by atoms with E-state index >= 15 is 0 Å². The number of nitrogens with one attached hydrogen (secondary N) is 1. The van der Waals surface area contributed by atoms with Crippen molar-refractivity contribution < 1.29 is 13.2 Å². The molecule has 2 unspecified atom stereocenters. The van der Waals surface area contributed by atoms with Gasteiger partial charge in [0, 0.05) is 24.7 Å². The van der Waals surface area contributed by atoms with E-state index in [1.807, 2.05) is 14.0 Å². The minimum Gasteiger partial charge on any atom is -0.377 e. The molecule has 1 aliphatic rings. The van der Waals surface area contributed by atoms with Crippen LogP contribution in [0.3, 0.4) is 0 Å². The Balaban J connectivity index is 2.39. The minimum absolute atomic E-state index is 0.254. The van der Waals surface area contributed by atoms with E-state index in [9.17, 15) is 8.42 Å². The average molecular weight is 263 g/mol. The maximum Gasteiger partial charge on any atom is 0.147 e. The summed E-state index contributed by atoms with van der Waals surface area (Å²) in [5, 5.41) is 3.27. The number of likely N-dealkylation sites (N-methyl/N-ethyl adjacent to an activating group) is 1. The highest BCUT2D eigenvalue weighted by Crippen LogP contribution is 2.36. The predicted octanol–water partition coefficient (Wildman–Crippen LogP) is 1.21. The van der Waals surface area contributed by atoms with Gasteiger partial charge in [-0.15, -0.1) is 0 Å². The summed E-state index contributed by atoms with van der Waals surface area (Å²) in [6, 6.07) is 0.282. The fourth-order valence-corrected chi connectivity index (χ4v) is 2.93. The van der Waals surface area contributed by atoms with Crippen molar-refractivity contribution in [1.29, 1.82) is 0 Å². The highest BCUT2D eigenvalue weighted by atomic mass is 32.2. The van der Waals surface area contributed by atoms with Crippen molar-refractivity contribution in [3.63, 3.8) is 0 Å². The van der Waals surface area contributed by atoms with Gasteiger partial charge in [0.15, 0.2) is 0 Å². The van der Waals surface area contributed by atoms with E-state index in [-0.39, 0.29) is 17.9 Å². The summed E-state index contributed by atoms with van der Waals surface area (Å²) in [6.45, 7) is 2.74. The molecule has 1 fully saturated rings. The fraction of sp³-hybridized carbons (Fsp3) is 1.00. The van der Waals surface area contributed by atoms with Crippen LogP contribution in [0, 0.1) is 5.92 Å². The topological polar surface area (TPSA) is 55.4 Å². The highest BCUT2D eigenvalue weighted by Gasteiger charge is 2.36. The molecule has 0 spiro atoms. The Morgan fingerprint density at radius 1 is 1.41 bits per heavy atom. The van der Waals surface area contributed by atoms with Crippen LogP contribution in [-0.2, 0) is 14.6 Å². The Kier molecular flexibility index (Phi) is 5.89. The normalized spacial score (nSPS) is 20.2. The first-order valence-corrected chi connectivity index (χ1v) is 8.50. The molecule has 1 saturated carbocycles. The third-order valence-corrected chi connectivity index (χ3v) is 4.27. The Bertz CT molecular complexity index is 312. The van der Waals surface area contributed by atoms with Crippen LogP contribution < -0.4 is 5.32 Å². The van der Waals surface area contributed by atoms with Gasteiger partial charge in [0.2, 0.25) is 0 Å². The van der Waals surface area contributed by atoms with Crippen molar-refractivity contribution in [3.8, 4) is 0 Å². The van der Waals surface area contributed by atoms with Gasteiger partial charge < -0.3 is 10.1 Å². The number of hydrogen-bond acceptors (Lipinski definition) is 4. The van der Waals surface area contributed by atoms with Crippen molar-refractivity contribution in [3.05, 3.63) is 0 Å². The van der Waals surface area contributed by atoms with Gasteiger partial charge >= 0.3 is 0 Å². The average Bonchev–Trinajstić information content (AvgIpc) is 3.04. The van der Waals surface area contributed by atoms with Crippen LogP contribution in [0.5, 0.6) is 0 Å². The van der Waals surface area contributed by atoms with Crippen LogP contribution in [-0.4, -0.2) is 46.2 Å². The highest BCUT2D eigenvalue weighted by molar-refractivity contribution is 7.90. The van der Waals surface area contributed by atoms with Crippen molar-refractivity contribution in [2.45, 2.75) is 44.8 Å².